The minimum Gasteiger partial charge on any atom is -0.379 e. The Kier molecular flexibility index (Phi) is 8.30. The lowest BCUT2D eigenvalue weighted by atomic mass is 10.2. The summed E-state index contributed by atoms with van der Waals surface area (Å²) in [5.41, 5.74) is 1.45. The summed E-state index contributed by atoms with van der Waals surface area (Å²) in [5, 5.41) is 0. The van der Waals surface area contributed by atoms with E-state index in [9.17, 15) is 21.6 Å². The summed E-state index contributed by atoms with van der Waals surface area (Å²) in [7, 11) is -7.48. The molecule has 1 amide bonds. The van der Waals surface area contributed by atoms with E-state index in [0.717, 1.165) is 17.1 Å². The van der Waals surface area contributed by atoms with Crippen LogP contribution in [0.4, 0.5) is 5.69 Å². The number of morpholine rings is 1. The van der Waals surface area contributed by atoms with Crippen LogP contribution in [0.2, 0.25) is 0 Å². The highest BCUT2D eigenvalue weighted by atomic mass is 32.2. The zero-order valence-corrected chi connectivity index (χ0v) is 22.0. The Morgan fingerprint density at radius 3 is 2.06 bits per heavy atom. The van der Waals surface area contributed by atoms with Gasteiger partial charge in [-0.25, -0.2) is 16.8 Å². The maximum atomic E-state index is 13.0. The highest BCUT2D eigenvalue weighted by molar-refractivity contribution is 7.92. The molecule has 0 aliphatic carbocycles. The summed E-state index contributed by atoms with van der Waals surface area (Å²) in [6, 6.07) is 15.7. The molecule has 2 aliphatic heterocycles. The third-order valence-electron chi connectivity index (χ3n) is 6.39. The van der Waals surface area contributed by atoms with Crippen molar-refractivity contribution in [3.05, 3.63) is 60.2 Å². The first kappa shape index (κ1) is 26.6. The summed E-state index contributed by atoms with van der Waals surface area (Å²) in [5.74, 6) is -0.287. The lowest BCUT2D eigenvalue weighted by Gasteiger charge is -2.35. The Hall–Kier alpha value is -2.51. The Bertz CT molecular complexity index is 1240. The third-order valence-corrected chi connectivity index (χ3v) is 9.44. The topological polar surface area (TPSA) is 108 Å². The van der Waals surface area contributed by atoms with Crippen LogP contribution in [0.25, 0.3) is 0 Å². The number of sulfonamides is 2. The largest absolute Gasteiger partial charge is 0.379 e. The van der Waals surface area contributed by atoms with Crippen molar-refractivity contribution in [2.24, 2.45) is 0 Å². The summed E-state index contributed by atoms with van der Waals surface area (Å²) in [6.45, 7) is 4.11. The number of anilines is 1. The molecule has 36 heavy (non-hydrogen) atoms. The summed E-state index contributed by atoms with van der Waals surface area (Å²) < 4.78 is 58.4. The van der Waals surface area contributed by atoms with Crippen LogP contribution in [-0.2, 0) is 36.1 Å². The molecule has 0 N–H and O–H groups in total. The number of rotatable bonds is 8. The zero-order chi connectivity index (χ0) is 25.8. The fourth-order valence-electron chi connectivity index (χ4n) is 4.34. The van der Waals surface area contributed by atoms with Crippen molar-refractivity contribution in [3.63, 3.8) is 0 Å². The van der Waals surface area contributed by atoms with Gasteiger partial charge in [-0.15, -0.1) is 0 Å². The monoisotopic (exact) mass is 536 g/mol. The second-order valence-corrected chi connectivity index (χ2v) is 12.8. The maximum absolute atomic E-state index is 13.0. The van der Waals surface area contributed by atoms with Crippen LogP contribution >= 0.6 is 0 Å². The quantitative estimate of drug-likeness (QED) is 0.492. The number of amides is 1. The van der Waals surface area contributed by atoms with Crippen molar-refractivity contribution in [1.82, 2.24) is 14.1 Å². The van der Waals surface area contributed by atoms with Crippen LogP contribution < -0.4 is 4.31 Å². The Morgan fingerprint density at radius 2 is 1.47 bits per heavy atom. The maximum Gasteiger partial charge on any atom is 0.243 e. The van der Waals surface area contributed by atoms with Gasteiger partial charge in [0.05, 0.1) is 30.1 Å². The van der Waals surface area contributed by atoms with Gasteiger partial charge in [0, 0.05) is 45.8 Å². The predicted octanol–water partition coefficient (Wildman–Crippen LogP) is 0.818. The molecule has 0 spiro atoms. The molecule has 2 aromatic rings. The van der Waals surface area contributed by atoms with Gasteiger partial charge in [0.2, 0.25) is 26.0 Å². The minimum atomic E-state index is -3.77. The lowest BCUT2D eigenvalue weighted by molar-refractivity contribution is -0.131. The molecule has 0 aromatic heterocycles. The highest BCUT2D eigenvalue weighted by Crippen LogP contribution is 2.23. The van der Waals surface area contributed by atoms with Crippen LogP contribution in [0.1, 0.15) is 5.56 Å². The molecule has 0 radical (unpaired) electrons. The average Bonchev–Trinajstić information content (AvgIpc) is 2.88. The van der Waals surface area contributed by atoms with E-state index in [0.29, 0.717) is 39.4 Å². The fraction of sp³-hybridized carbons (Fsp3) is 0.458. The number of hydrogen-bond donors (Lipinski definition) is 0. The van der Waals surface area contributed by atoms with Gasteiger partial charge in [-0.1, -0.05) is 30.3 Å². The molecule has 2 saturated heterocycles. The Balaban J connectivity index is 1.40. The van der Waals surface area contributed by atoms with E-state index in [4.69, 9.17) is 4.74 Å². The van der Waals surface area contributed by atoms with Crippen molar-refractivity contribution in [2.45, 2.75) is 11.4 Å². The van der Waals surface area contributed by atoms with Gasteiger partial charge < -0.3 is 9.64 Å². The van der Waals surface area contributed by atoms with E-state index in [-0.39, 0.29) is 36.1 Å². The zero-order valence-electron chi connectivity index (χ0n) is 20.3. The Labute approximate surface area is 213 Å². The highest BCUT2D eigenvalue weighted by Gasteiger charge is 2.29. The molecule has 0 bridgehead atoms. The van der Waals surface area contributed by atoms with E-state index < -0.39 is 20.0 Å². The van der Waals surface area contributed by atoms with Gasteiger partial charge >= 0.3 is 0 Å². The van der Waals surface area contributed by atoms with Crippen LogP contribution in [0.3, 0.4) is 0 Å². The summed E-state index contributed by atoms with van der Waals surface area (Å²) in [4.78, 5) is 17.0. The van der Waals surface area contributed by atoms with E-state index in [1.54, 1.807) is 4.90 Å². The number of nitrogens with zero attached hydrogens (tertiary/aromatic N) is 4. The molecule has 0 unspecified atom stereocenters. The Morgan fingerprint density at radius 1 is 0.861 bits per heavy atom. The smallest absolute Gasteiger partial charge is 0.243 e. The first-order chi connectivity index (χ1) is 17.1. The van der Waals surface area contributed by atoms with Crippen molar-refractivity contribution >= 4 is 31.6 Å². The van der Waals surface area contributed by atoms with Gasteiger partial charge in [-0.2, -0.15) is 4.31 Å². The van der Waals surface area contributed by atoms with Crippen molar-refractivity contribution < 1.29 is 26.4 Å². The lowest BCUT2D eigenvalue weighted by Crippen LogP contribution is -2.51. The van der Waals surface area contributed by atoms with E-state index in [2.05, 4.69) is 17.0 Å². The summed E-state index contributed by atoms with van der Waals surface area (Å²) >= 11 is 0. The number of hydrogen-bond acceptors (Lipinski definition) is 7. The molecular formula is C24H32N4O6S2. The molecule has 2 heterocycles. The van der Waals surface area contributed by atoms with Gasteiger partial charge in [-0.3, -0.25) is 14.0 Å². The molecule has 2 aromatic carbocycles. The molecule has 12 heteroatoms. The molecule has 196 valence electrons. The van der Waals surface area contributed by atoms with Gasteiger partial charge in [0.1, 0.15) is 6.54 Å². The first-order valence-corrected chi connectivity index (χ1v) is 15.1. The molecule has 0 saturated carbocycles. The minimum absolute atomic E-state index is 0.0717. The molecule has 2 fully saturated rings. The third kappa shape index (κ3) is 6.43. The fourth-order valence-corrected chi connectivity index (χ4v) is 6.60. The number of benzene rings is 2. The van der Waals surface area contributed by atoms with Crippen molar-refractivity contribution in [3.8, 4) is 0 Å². The van der Waals surface area contributed by atoms with E-state index >= 15 is 0 Å². The average molecular weight is 537 g/mol. The number of ether oxygens (including phenoxy) is 1. The van der Waals surface area contributed by atoms with Crippen LogP contribution in [-0.4, -0.2) is 102 Å². The number of carbonyl (C=O) groups is 1. The van der Waals surface area contributed by atoms with Gasteiger partial charge in [0.25, 0.3) is 0 Å². The van der Waals surface area contributed by atoms with Crippen molar-refractivity contribution in [1.29, 1.82) is 0 Å². The van der Waals surface area contributed by atoms with E-state index in [1.807, 2.05) is 18.2 Å². The molecule has 0 atom stereocenters. The number of piperazine rings is 1. The van der Waals surface area contributed by atoms with Gasteiger partial charge in [0.15, 0.2) is 0 Å². The number of carbonyl (C=O) groups excluding carboxylic acids is 1. The molecular weight excluding hydrogens is 504 g/mol. The summed E-state index contributed by atoms with van der Waals surface area (Å²) in [6.07, 6.45) is 1.04. The first-order valence-electron chi connectivity index (χ1n) is 11.8. The van der Waals surface area contributed by atoms with E-state index in [1.165, 1.54) is 34.1 Å². The standard InChI is InChI=1S/C24H32N4O6S2/c1-35(30,31)28(22-7-9-23(10-8-22)36(32,33)27-15-17-34-18-16-27)20-24(29)26-13-11-25(12-14-26)19-21-5-3-2-4-6-21/h2-10H,11-20H2,1H3. The second-order valence-electron chi connectivity index (χ2n) is 8.92. The molecule has 10 nitrogen and oxygen atoms in total. The predicted molar refractivity (Wildman–Crippen MR) is 137 cm³/mol. The van der Waals surface area contributed by atoms with Crippen LogP contribution in [0, 0.1) is 0 Å². The normalized spacial score (nSPS) is 18.2. The van der Waals surface area contributed by atoms with Crippen molar-refractivity contribution in [2.75, 3.05) is 69.6 Å². The SMILES string of the molecule is CS(=O)(=O)N(CC(=O)N1CCN(Cc2ccccc2)CC1)c1ccc(S(=O)(=O)N2CCOCC2)cc1. The molecule has 2 aliphatic rings. The molecule has 4 rings (SSSR count). The van der Waals surface area contributed by atoms with Crippen LogP contribution in [0.15, 0.2) is 59.5 Å². The second kappa shape index (κ2) is 11.3. The van der Waals surface area contributed by atoms with Gasteiger partial charge in [-0.05, 0) is 29.8 Å². The van der Waals surface area contributed by atoms with Crippen LogP contribution in [0.5, 0.6) is 0 Å².